The lowest BCUT2D eigenvalue weighted by atomic mass is 10.1. The Hall–Kier alpha value is -3.32. The zero-order valence-corrected chi connectivity index (χ0v) is 15.0. The first kappa shape index (κ1) is 16.8. The molecule has 0 atom stereocenters. The fourth-order valence-corrected chi connectivity index (χ4v) is 3.37. The Morgan fingerprint density at radius 3 is 2.64 bits per heavy atom. The molecule has 1 fully saturated rings. The molecule has 6 nitrogen and oxygen atoms in total. The minimum absolute atomic E-state index is 0.340. The number of para-hydroxylation sites is 1. The van der Waals surface area contributed by atoms with Crippen molar-refractivity contribution in [2.75, 3.05) is 31.2 Å². The number of morpholine rings is 1. The van der Waals surface area contributed by atoms with E-state index < -0.39 is 0 Å². The van der Waals surface area contributed by atoms with Crippen LogP contribution in [0.2, 0.25) is 0 Å². The van der Waals surface area contributed by atoms with Crippen molar-refractivity contribution in [3.8, 4) is 22.8 Å². The van der Waals surface area contributed by atoms with Gasteiger partial charge < -0.3 is 14.2 Å². The van der Waals surface area contributed by atoms with Crippen LogP contribution in [0.1, 0.15) is 0 Å². The van der Waals surface area contributed by atoms with Gasteiger partial charge >= 0.3 is 0 Å². The van der Waals surface area contributed by atoms with Crippen LogP contribution in [0.15, 0.2) is 59.1 Å². The summed E-state index contributed by atoms with van der Waals surface area (Å²) < 4.78 is 24.5. The average molecular weight is 376 g/mol. The van der Waals surface area contributed by atoms with Crippen molar-refractivity contribution >= 4 is 16.7 Å². The number of hydrogen-bond donors (Lipinski definition) is 0. The molecule has 1 aliphatic rings. The van der Waals surface area contributed by atoms with Gasteiger partial charge in [-0.05, 0) is 24.3 Å². The topological polar surface area (TPSA) is 64.3 Å². The highest BCUT2D eigenvalue weighted by Gasteiger charge is 2.19. The van der Waals surface area contributed by atoms with E-state index in [1.807, 2.05) is 30.3 Å². The number of aromatic nitrogens is 3. The molecule has 2 aromatic carbocycles. The molecule has 2 aromatic heterocycles. The van der Waals surface area contributed by atoms with Gasteiger partial charge in [0.25, 0.3) is 5.89 Å². The van der Waals surface area contributed by atoms with Gasteiger partial charge in [-0.3, -0.25) is 0 Å². The molecule has 140 valence electrons. The van der Waals surface area contributed by atoms with Crippen LogP contribution in [0, 0.1) is 5.82 Å². The van der Waals surface area contributed by atoms with Crippen molar-refractivity contribution in [3.05, 3.63) is 60.4 Å². The zero-order valence-electron chi connectivity index (χ0n) is 15.0. The van der Waals surface area contributed by atoms with Crippen LogP contribution >= 0.6 is 0 Å². The molecule has 0 N–H and O–H groups in total. The largest absolute Gasteiger partial charge is 0.378 e. The third kappa shape index (κ3) is 3.10. The van der Waals surface area contributed by atoms with E-state index in [2.05, 4.69) is 15.0 Å². The normalized spacial score (nSPS) is 14.5. The molecule has 28 heavy (non-hydrogen) atoms. The summed E-state index contributed by atoms with van der Waals surface area (Å²) in [6.07, 6.45) is 0. The molecule has 0 saturated carbocycles. The highest BCUT2D eigenvalue weighted by Crippen LogP contribution is 2.32. The van der Waals surface area contributed by atoms with E-state index in [0.717, 1.165) is 35.4 Å². The van der Waals surface area contributed by atoms with Gasteiger partial charge in [-0.15, -0.1) is 0 Å². The number of pyridine rings is 1. The van der Waals surface area contributed by atoms with Crippen molar-refractivity contribution < 1.29 is 13.7 Å². The lowest BCUT2D eigenvalue weighted by molar-refractivity contribution is 0.122. The van der Waals surface area contributed by atoms with Crippen LogP contribution in [-0.2, 0) is 4.74 Å². The van der Waals surface area contributed by atoms with Crippen LogP contribution in [0.5, 0.6) is 0 Å². The van der Waals surface area contributed by atoms with Crippen molar-refractivity contribution in [1.29, 1.82) is 0 Å². The quantitative estimate of drug-likeness (QED) is 0.540. The van der Waals surface area contributed by atoms with Crippen molar-refractivity contribution in [2.45, 2.75) is 0 Å². The molecule has 7 heteroatoms. The molecular formula is C21H17FN4O2. The van der Waals surface area contributed by atoms with Crippen molar-refractivity contribution in [1.82, 2.24) is 15.1 Å². The van der Waals surface area contributed by atoms with E-state index in [0.29, 0.717) is 30.5 Å². The molecule has 3 heterocycles. The van der Waals surface area contributed by atoms with E-state index in [1.54, 1.807) is 12.1 Å². The molecule has 0 amide bonds. The minimum atomic E-state index is -0.340. The SMILES string of the molecule is Fc1cccc(-c2noc(-c3cc(N4CCOCC4)nc4ccccc34)n2)c1. The van der Waals surface area contributed by atoms with Crippen molar-refractivity contribution in [2.24, 2.45) is 0 Å². The summed E-state index contributed by atoms with van der Waals surface area (Å²) in [7, 11) is 0. The number of anilines is 1. The molecule has 0 bridgehead atoms. The number of ether oxygens (including phenoxy) is 1. The Bertz CT molecular complexity index is 1140. The number of nitrogens with zero attached hydrogens (tertiary/aromatic N) is 4. The van der Waals surface area contributed by atoms with Crippen LogP contribution in [0.4, 0.5) is 10.2 Å². The summed E-state index contributed by atoms with van der Waals surface area (Å²) in [6, 6.07) is 16.0. The highest BCUT2D eigenvalue weighted by atomic mass is 19.1. The van der Waals surface area contributed by atoms with Gasteiger partial charge in [-0.25, -0.2) is 9.37 Å². The van der Waals surface area contributed by atoms with Gasteiger partial charge in [-0.1, -0.05) is 35.5 Å². The monoisotopic (exact) mass is 376 g/mol. The minimum Gasteiger partial charge on any atom is -0.378 e. The van der Waals surface area contributed by atoms with Crippen LogP contribution in [-0.4, -0.2) is 41.4 Å². The second-order valence-corrected chi connectivity index (χ2v) is 6.58. The fraction of sp³-hybridized carbons (Fsp3) is 0.190. The van der Waals surface area contributed by atoms with Gasteiger partial charge in [0.1, 0.15) is 11.6 Å². The summed E-state index contributed by atoms with van der Waals surface area (Å²) >= 11 is 0. The van der Waals surface area contributed by atoms with Gasteiger partial charge in [-0.2, -0.15) is 4.98 Å². The third-order valence-electron chi connectivity index (χ3n) is 4.78. The Labute approximate surface area is 160 Å². The standard InChI is InChI=1S/C21H17FN4O2/c22-15-5-3-4-14(12-15)20-24-21(28-25-20)17-13-19(26-8-10-27-11-9-26)23-18-7-2-1-6-16(17)18/h1-7,12-13H,8-11H2. The second-order valence-electron chi connectivity index (χ2n) is 6.58. The number of halogens is 1. The maximum atomic E-state index is 13.5. The molecule has 5 rings (SSSR count). The second kappa shape index (κ2) is 7.01. The summed E-state index contributed by atoms with van der Waals surface area (Å²) in [6.45, 7) is 2.91. The van der Waals surface area contributed by atoms with Gasteiger partial charge in [0.15, 0.2) is 0 Å². The summed E-state index contributed by atoms with van der Waals surface area (Å²) in [4.78, 5) is 11.5. The van der Waals surface area contributed by atoms with E-state index in [1.165, 1.54) is 12.1 Å². The fourth-order valence-electron chi connectivity index (χ4n) is 3.37. The zero-order chi connectivity index (χ0) is 18.9. The van der Waals surface area contributed by atoms with Crippen LogP contribution in [0.25, 0.3) is 33.7 Å². The summed E-state index contributed by atoms with van der Waals surface area (Å²) in [5.41, 5.74) is 2.23. The summed E-state index contributed by atoms with van der Waals surface area (Å²) in [5, 5.41) is 4.97. The Morgan fingerprint density at radius 1 is 0.929 bits per heavy atom. The van der Waals surface area contributed by atoms with Crippen LogP contribution < -0.4 is 4.90 Å². The Morgan fingerprint density at radius 2 is 1.79 bits per heavy atom. The maximum Gasteiger partial charge on any atom is 0.259 e. The van der Waals surface area contributed by atoms with Gasteiger partial charge in [0.05, 0.1) is 24.3 Å². The number of benzene rings is 2. The summed E-state index contributed by atoms with van der Waals surface area (Å²) in [5.74, 6) is 1.24. The first-order valence-corrected chi connectivity index (χ1v) is 9.10. The molecule has 0 unspecified atom stereocenters. The van der Waals surface area contributed by atoms with Crippen molar-refractivity contribution in [3.63, 3.8) is 0 Å². The molecule has 1 saturated heterocycles. The first-order chi connectivity index (χ1) is 13.8. The molecule has 0 spiro atoms. The Kier molecular flexibility index (Phi) is 4.21. The van der Waals surface area contributed by atoms with Gasteiger partial charge in [0.2, 0.25) is 5.82 Å². The molecule has 4 aromatic rings. The number of hydrogen-bond acceptors (Lipinski definition) is 6. The molecule has 1 aliphatic heterocycles. The Balaban J connectivity index is 1.62. The van der Waals surface area contributed by atoms with Crippen LogP contribution in [0.3, 0.4) is 0 Å². The number of rotatable bonds is 3. The molecule has 0 aliphatic carbocycles. The predicted molar refractivity (Wildman–Crippen MR) is 103 cm³/mol. The van der Waals surface area contributed by atoms with E-state index in [9.17, 15) is 4.39 Å². The molecular weight excluding hydrogens is 359 g/mol. The van der Waals surface area contributed by atoms with E-state index >= 15 is 0 Å². The average Bonchev–Trinajstić information content (AvgIpc) is 3.24. The highest BCUT2D eigenvalue weighted by molar-refractivity contribution is 5.94. The number of fused-ring (bicyclic) bond motifs is 1. The van der Waals surface area contributed by atoms with Gasteiger partial charge in [0, 0.05) is 24.0 Å². The predicted octanol–water partition coefficient (Wildman–Crippen LogP) is 3.93. The lowest BCUT2D eigenvalue weighted by Gasteiger charge is -2.28. The molecule has 0 radical (unpaired) electrons. The lowest BCUT2D eigenvalue weighted by Crippen LogP contribution is -2.36. The van der Waals surface area contributed by atoms with E-state index in [-0.39, 0.29) is 5.82 Å². The smallest absolute Gasteiger partial charge is 0.259 e. The maximum absolute atomic E-state index is 13.5. The third-order valence-corrected chi connectivity index (χ3v) is 4.78. The first-order valence-electron chi connectivity index (χ1n) is 9.10. The van der Waals surface area contributed by atoms with E-state index in [4.69, 9.17) is 14.2 Å².